The molecule has 0 fully saturated rings. The fourth-order valence-electron chi connectivity index (χ4n) is 1.25. The van der Waals surface area contributed by atoms with Crippen molar-refractivity contribution in [1.29, 1.82) is 0 Å². The van der Waals surface area contributed by atoms with Crippen LogP contribution in [0.3, 0.4) is 0 Å². The number of carbonyl (C=O) groups excluding carboxylic acids is 3. The zero-order valence-corrected chi connectivity index (χ0v) is 12.1. The third-order valence-electron chi connectivity index (χ3n) is 2.58. The van der Waals surface area contributed by atoms with Gasteiger partial charge in [0.05, 0.1) is 6.61 Å². The minimum atomic E-state index is -0.696. The van der Waals surface area contributed by atoms with Crippen molar-refractivity contribution >= 4 is 17.9 Å². The molecule has 0 N–H and O–H groups in total. The number of rotatable bonds is 10. The highest BCUT2D eigenvalue weighted by molar-refractivity contribution is 5.82. The van der Waals surface area contributed by atoms with E-state index in [1.807, 2.05) is 0 Å². The molecule has 0 spiro atoms. The van der Waals surface area contributed by atoms with Gasteiger partial charge in [-0.05, 0) is 6.42 Å². The standard InChI is InChI=1S/C15H20O6/c1-5-12(16)19-9-8-15(4,10-20-13(17)6-2)11-21-14(18)7-3/h5-7H,1-3,8-11H2,4H3. The maximum Gasteiger partial charge on any atom is 0.330 e. The molecule has 0 aromatic heterocycles. The molecule has 0 heterocycles. The Morgan fingerprint density at radius 3 is 1.62 bits per heavy atom. The van der Waals surface area contributed by atoms with E-state index in [0.717, 1.165) is 18.2 Å². The Morgan fingerprint density at radius 1 is 0.857 bits per heavy atom. The van der Waals surface area contributed by atoms with Gasteiger partial charge in [0.15, 0.2) is 0 Å². The van der Waals surface area contributed by atoms with Gasteiger partial charge in [0.1, 0.15) is 13.2 Å². The lowest BCUT2D eigenvalue weighted by atomic mass is 9.89. The summed E-state index contributed by atoms with van der Waals surface area (Å²) in [6.45, 7) is 11.7. The normalized spacial score (nSPS) is 10.1. The molecule has 0 radical (unpaired) electrons. The zero-order valence-electron chi connectivity index (χ0n) is 12.1. The van der Waals surface area contributed by atoms with Crippen LogP contribution in [0.2, 0.25) is 0 Å². The van der Waals surface area contributed by atoms with Crippen molar-refractivity contribution in [2.75, 3.05) is 19.8 Å². The Labute approximate surface area is 124 Å². The van der Waals surface area contributed by atoms with Crippen LogP contribution in [0.15, 0.2) is 38.0 Å². The van der Waals surface area contributed by atoms with Crippen LogP contribution < -0.4 is 0 Å². The summed E-state index contributed by atoms with van der Waals surface area (Å²) in [5.41, 5.74) is -0.696. The summed E-state index contributed by atoms with van der Waals surface area (Å²) in [5, 5.41) is 0. The molecule has 21 heavy (non-hydrogen) atoms. The molecule has 0 aromatic rings. The van der Waals surface area contributed by atoms with Crippen LogP contribution in [0.1, 0.15) is 13.3 Å². The van der Waals surface area contributed by atoms with Gasteiger partial charge in [0.25, 0.3) is 0 Å². The van der Waals surface area contributed by atoms with Gasteiger partial charge in [0, 0.05) is 23.6 Å². The second kappa shape index (κ2) is 9.52. The first kappa shape index (κ1) is 18.6. The Kier molecular flexibility index (Phi) is 8.45. The van der Waals surface area contributed by atoms with Crippen molar-refractivity contribution in [3.8, 4) is 0 Å². The third kappa shape index (κ3) is 8.41. The second-order valence-corrected chi connectivity index (χ2v) is 4.56. The van der Waals surface area contributed by atoms with E-state index in [4.69, 9.17) is 14.2 Å². The summed E-state index contributed by atoms with van der Waals surface area (Å²) >= 11 is 0. The van der Waals surface area contributed by atoms with Crippen LogP contribution in [-0.4, -0.2) is 37.7 Å². The van der Waals surface area contributed by atoms with Crippen LogP contribution in [0.4, 0.5) is 0 Å². The number of carbonyl (C=O) groups is 3. The summed E-state index contributed by atoms with van der Waals surface area (Å²) in [5.74, 6) is -1.72. The van der Waals surface area contributed by atoms with Gasteiger partial charge in [0.2, 0.25) is 0 Å². The van der Waals surface area contributed by atoms with E-state index in [1.54, 1.807) is 6.92 Å². The van der Waals surface area contributed by atoms with E-state index in [1.165, 1.54) is 0 Å². The maximum atomic E-state index is 11.1. The molecule has 0 aromatic carbocycles. The van der Waals surface area contributed by atoms with E-state index in [2.05, 4.69) is 19.7 Å². The average molecular weight is 296 g/mol. The first-order chi connectivity index (χ1) is 9.86. The molecular formula is C15H20O6. The van der Waals surface area contributed by atoms with E-state index >= 15 is 0 Å². The molecule has 6 heteroatoms. The quantitative estimate of drug-likeness (QED) is 0.346. The summed E-state index contributed by atoms with van der Waals surface area (Å²) in [7, 11) is 0. The first-order valence-corrected chi connectivity index (χ1v) is 6.24. The highest BCUT2D eigenvalue weighted by Crippen LogP contribution is 2.23. The van der Waals surface area contributed by atoms with Crippen molar-refractivity contribution in [3.63, 3.8) is 0 Å². The molecule has 0 saturated carbocycles. The maximum absolute atomic E-state index is 11.1. The molecule has 0 rings (SSSR count). The Balaban J connectivity index is 4.55. The molecule has 0 saturated heterocycles. The lowest BCUT2D eigenvalue weighted by Crippen LogP contribution is -2.32. The number of hydrogen-bond acceptors (Lipinski definition) is 6. The van der Waals surface area contributed by atoms with E-state index in [9.17, 15) is 14.4 Å². The fourth-order valence-corrected chi connectivity index (χ4v) is 1.25. The van der Waals surface area contributed by atoms with Gasteiger partial charge in [-0.2, -0.15) is 0 Å². The Morgan fingerprint density at radius 2 is 1.24 bits per heavy atom. The van der Waals surface area contributed by atoms with Gasteiger partial charge >= 0.3 is 17.9 Å². The third-order valence-corrected chi connectivity index (χ3v) is 2.58. The fraction of sp³-hybridized carbons (Fsp3) is 0.400. The Bertz CT molecular complexity index is 400. The smallest absolute Gasteiger partial charge is 0.330 e. The van der Waals surface area contributed by atoms with Gasteiger partial charge in [-0.1, -0.05) is 26.7 Å². The van der Waals surface area contributed by atoms with Crippen LogP contribution >= 0.6 is 0 Å². The largest absolute Gasteiger partial charge is 0.463 e. The lowest BCUT2D eigenvalue weighted by Gasteiger charge is -2.27. The van der Waals surface area contributed by atoms with Crippen LogP contribution in [0, 0.1) is 5.41 Å². The SMILES string of the molecule is C=CC(=O)OCCC(C)(COC(=O)C=C)COC(=O)C=C. The summed E-state index contributed by atoms with van der Waals surface area (Å²) in [4.78, 5) is 33.2. The van der Waals surface area contributed by atoms with Crippen molar-refractivity contribution in [3.05, 3.63) is 38.0 Å². The summed E-state index contributed by atoms with van der Waals surface area (Å²) < 4.78 is 14.8. The first-order valence-electron chi connectivity index (χ1n) is 6.24. The molecule has 0 amide bonds. The minimum absolute atomic E-state index is 0.00604. The Hall–Kier alpha value is -2.37. The van der Waals surface area contributed by atoms with Crippen molar-refractivity contribution in [2.45, 2.75) is 13.3 Å². The number of esters is 3. The van der Waals surface area contributed by atoms with Crippen molar-refractivity contribution < 1.29 is 28.6 Å². The second-order valence-electron chi connectivity index (χ2n) is 4.56. The van der Waals surface area contributed by atoms with Gasteiger partial charge < -0.3 is 14.2 Å². The van der Waals surface area contributed by atoms with E-state index in [0.29, 0.717) is 6.42 Å². The van der Waals surface area contributed by atoms with Gasteiger partial charge in [-0.25, -0.2) is 14.4 Å². The van der Waals surface area contributed by atoms with Crippen LogP contribution in [0.5, 0.6) is 0 Å². The molecule has 0 atom stereocenters. The van der Waals surface area contributed by atoms with Gasteiger partial charge in [-0.15, -0.1) is 0 Å². The predicted molar refractivity (Wildman–Crippen MR) is 76.2 cm³/mol. The topological polar surface area (TPSA) is 78.9 Å². The average Bonchev–Trinajstić information content (AvgIpc) is 2.50. The minimum Gasteiger partial charge on any atom is -0.463 e. The molecule has 0 bridgehead atoms. The van der Waals surface area contributed by atoms with Crippen LogP contribution in [-0.2, 0) is 28.6 Å². The highest BCUT2D eigenvalue weighted by atomic mass is 16.6. The zero-order chi connectivity index (χ0) is 16.3. The molecule has 6 nitrogen and oxygen atoms in total. The van der Waals surface area contributed by atoms with Crippen molar-refractivity contribution in [1.82, 2.24) is 0 Å². The summed E-state index contributed by atoms with van der Waals surface area (Å²) in [6.07, 6.45) is 3.45. The predicted octanol–water partition coefficient (Wildman–Crippen LogP) is 1.57. The van der Waals surface area contributed by atoms with E-state index < -0.39 is 23.3 Å². The lowest BCUT2D eigenvalue weighted by molar-refractivity contribution is -0.150. The molecule has 0 unspecified atom stereocenters. The van der Waals surface area contributed by atoms with E-state index in [-0.39, 0.29) is 19.8 Å². The van der Waals surface area contributed by atoms with Gasteiger partial charge in [-0.3, -0.25) is 0 Å². The number of hydrogen-bond donors (Lipinski definition) is 0. The monoisotopic (exact) mass is 296 g/mol. The van der Waals surface area contributed by atoms with Crippen LogP contribution in [0.25, 0.3) is 0 Å². The highest BCUT2D eigenvalue weighted by Gasteiger charge is 2.28. The molecule has 0 aliphatic carbocycles. The molecule has 116 valence electrons. The summed E-state index contributed by atoms with van der Waals surface area (Å²) in [6, 6.07) is 0. The molecule has 0 aliphatic rings. The molecule has 0 aliphatic heterocycles. The molecular weight excluding hydrogens is 276 g/mol. The van der Waals surface area contributed by atoms with Crippen molar-refractivity contribution in [2.24, 2.45) is 5.41 Å². The number of ether oxygens (including phenoxy) is 3.